The van der Waals surface area contributed by atoms with Crippen molar-refractivity contribution in [2.75, 3.05) is 12.0 Å². The SMILES string of the molecule is CSCC[C@H](NC(=O)CC1CCCC1)c1nc2ccccc2[nH]1. The molecule has 1 atom stereocenters. The highest BCUT2D eigenvalue weighted by atomic mass is 32.2. The minimum absolute atomic E-state index is 0.0243. The highest BCUT2D eigenvalue weighted by Crippen LogP contribution is 2.28. The number of nitrogens with zero attached hydrogens (tertiary/aromatic N) is 1. The van der Waals surface area contributed by atoms with Crippen LogP contribution < -0.4 is 5.32 Å². The van der Waals surface area contributed by atoms with Gasteiger partial charge in [-0.05, 0) is 49.3 Å². The molecule has 4 nitrogen and oxygen atoms in total. The van der Waals surface area contributed by atoms with Crippen LogP contribution in [0.5, 0.6) is 0 Å². The van der Waals surface area contributed by atoms with Gasteiger partial charge in [0.15, 0.2) is 0 Å². The fourth-order valence-corrected chi connectivity index (χ4v) is 3.85. The molecule has 3 rings (SSSR count). The molecule has 0 unspecified atom stereocenters. The summed E-state index contributed by atoms with van der Waals surface area (Å²) < 4.78 is 0. The number of imidazole rings is 1. The van der Waals surface area contributed by atoms with Gasteiger partial charge in [0.1, 0.15) is 5.82 Å². The van der Waals surface area contributed by atoms with Gasteiger partial charge in [-0.1, -0.05) is 25.0 Å². The number of carbonyl (C=O) groups is 1. The highest BCUT2D eigenvalue weighted by Gasteiger charge is 2.22. The Morgan fingerprint density at radius 3 is 2.91 bits per heavy atom. The molecule has 0 radical (unpaired) electrons. The second kappa shape index (κ2) is 7.86. The predicted octanol–water partition coefficient (Wildman–Crippen LogP) is 4.05. The summed E-state index contributed by atoms with van der Waals surface area (Å²) in [7, 11) is 0. The van der Waals surface area contributed by atoms with Crippen LogP contribution in [0.1, 0.15) is 50.4 Å². The fraction of sp³-hybridized carbons (Fsp3) is 0.556. The second-order valence-corrected chi connectivity index (χ2v) is 7.38. The zero-order valence-corrected chi connectivity index (χ0v) is 14.5. The highest BCUT2D eigenvalue weighted by molar-refractivity contribution is 7.98. The van der Waals surface area contributed by atoms with Crippen molar-refractivity contribution in [2.24, 2.45) is 5.92 Å². The van der Waals surface area contributed by atoms with Crippen LogP contribution in [-0.4, -0.2) is 27.9 Å². The standard InChI is InChI=1S/C18H25N3OS/c1-23-11-10-16(19-17(22)12-13-6-2-3-7-13)18-20-14-8-4-5-9-15(14)21-18/h4-5,8-9,13,16H,2-3,6-7,10-12H2,1H3,(H,19,22)(H,20,21)/t16-/m0/s1. The number of para-hydroxylation sites is 2. The molecular weight excluding hydrogens is 306 g/mol. The quantitative estimate of drug-likeness (QED) is 0.804. The molecular formula is C18H25N3OS. The number of amides is 1. The lowest BCUT2D eigenvalue weighted by molar-refractivity contribution is -0.122. The summed E-state index contributed by atoms with van der Waals surface area (Å²) in [6.45, 7) is 0. The van der Waals surface area contributed by atoms with E-state index in [-0.39, 0.29) is 11.9 Å². The topological polar surface area (TPSA) is 57.8 Å². The first-order valence-corrected chi connectivity index (χ1v) is 9.88. The van der Waals surface area contributed by atoms with Crippen molar-refractivity contribution < 1.29 is 4.79 Å². The molecule has 0 saturated heterocycles. The van der Waals surface area contributed by atoms with Crippen LogP contribution in [0.3, 0.4) is 0 Å². The third-order valence-corrected chi connectivity index (χ3v) is 5.28. The second-order valence-electron chi connectivity index (χ2n) is 6.40. The van der Waals surface area contributed by atoms with Gasteiger partial charge in [0.25, 0.3) is 0 Å². The molecule has 0 bridgehead atoms. The Morgan fingerprint density at radius 1 is 1.39 bits per heavy atom. The molecule has 1 aromatic carbocycles. The van der Waals surface area contributed by atoms with E-state index in [1.807, 2.05) is 24.3 Å². The number of fused-ring (bicyclic) bond motifs is 1. The number of H-pyrrole nitrogens is 1. The van der Waals surface area contributed by atoms with Crippen molar-refractivity contribution in [2.45, 2.75) is 44.6 Å². The number of thioether (sulfide) groups is 1. The lowest BCUT2D eigenvalue weighted by Crippen LogP contribution is -2.30. The third-order valence-electron chi connectivity index (χ3n) is 4.63. The Kier molecular flexibility index (Phi) is 5.60. The van der Waals surface area contributed by atoms with Gasteiger partial charge in [-0.3, -0.25) is 4.79 Å². The maximum absolute atomic E-state index is 12.4. The summed E-state index contributed by atoms with van der Waals surface area (Å²) in [5.41, 5.74) is 1.99. The molecule has 1 fully saturated rings. The molecule has 2 aromatic rings. The Hall–Kier alpha value is -1.49. The molecule has 124 valence electrons. The summed E-state index contributed by atoms with van der Waals surface area (Å²) in [6, 6.07) is 7.99. The molecule has 0 spiro atoms. The van der Waals surface area contributed by atoms with Crippen LogP contribution in [0.4, 0.5) is 0 Å². The molecule has 1 amide bonds. The maximum atomic E-state index is 12.4. The Bertz CT molecular complexity index is 616. The first kappa shape index (κ1) is 16.4. The zero-order valence-electron chi connectivity index (χ0n) is 13.7. The van der Waals surface area contributed by atoms with Crippen LogP contribution in [0, 0.1) is 5.92 Å². The Balaban J connectivity index is 1.69. The smallest absolute Gasteiger partial charge is 0.220 e. The summed E-state index contributed by atoms with van der Waals surface area (Å²) >= 11 is 1.80. The number of benzene rings is 1. The molecule has 2 N–H and O–H groups in total. The first-order valence-electron chi connectivity index (χ1n) is 8.49. The van der Waals surface area contributed by atoms with Crippen molar-refractivity contribution in [1.82, 2.24) is 15.3 Å². The largest absolute Gasteiger partial charge is 0.346 e. The van der Waals surface area contributed by atoms with Crippen molar-refractivity contribution >= 4 is 28.7 Å². The Labute approximate surface area is 141 Å². The molecule has 1 saturated carbocycles. The number of hydrogen-bond acceptors (Lipinski definition) is 3. The molecule has 5 heteroatoms. The average Bonchev–Trinajstić information content (AvgIpc) is 3.20. The lowest BCUT2D eigenvalue weighted by atomic mass is 10.0. The minimum atomic E-state index is -0.0243. The van der Waals surface area contributed by atoms with E-state index in [2.05, 4.69) is 21.5 Å². The van der Waals surface area contributed by atoms with E-state index in [0.29, 0.717) is 12.3 Å². The van der Waals surface area contributed by atoms with Gasteiger partial charge in [0, 0.05) is 6.42 Å². The summed E-state index contributed by atoms with van der Waals surface area (Å²) in [4.78, 5) is 20.4. The van der Waals surface area contributed by atoms with Gasteiger partial charge >= 0.3 is 0 Å². The van der Waals surface area contributed by atoms with E-state index >= 15 is 0 Å². The fourth-order valence-electron chi connectivity index (χ4n) is 3.38. The predicted molar refractivity (Wildman–Crippen MR) is 96.6 cm³/mol. The summed E-state index contributed by atoms with van der Waals surface area (Å²) in [5.74, 6) is 2.63. The number of carbonyl (C=O) groups excluding carboxylic acids is 1. The van der Waals surface area contributed by atoms with E-state index in [1.165, 1.54) is 25.7 Å². The zero-order chi connectivity index (χ0) is 16.1. The number of aromatic amines is 1. The van der Waals surface area contributed by atoms with Crippen molar-refractivity contribution in [3.05, 3.63) is 30.1 Å². The third kappa shape index (κ3) is 4.28. The minimum Gasteiger partial charge on any atom is -0.346 e. The number of hydrogen-bond donors (Lipinski definition) is 2. The molecule has 1 aliphatic rings. The van der Waals surface area contributed by atoms with E-state index < -0.39 is 0 Å². The lowest BCUT2D eigenvalue weighted by Gasteiger charge is -2.17. The van der Waals surface area contributed by atoms with Gasteiger partial charge < -0.3 is 10.3 Å². The van der Waals surface area contributed by atoms with Crippen LogP contribution in [-0.2, 0) is 4.79 Å². The van der Waals surface area contributed by atoms with Gasteiger partial charge in [0.05, 0.1) is 17.1 Å². The normalized spacial score (nSPS) is 16.7. The van der Waals surface area contributed by atoms with E-state index in [4.69, 9.17) is 0 Å². The first-order chi connectivity index (χ1) is 11.3. The van der Waals surface area contributed by atoms with Gasteiger partial charge in [-0.25, -0.2) is 4.98 Å². The van der Waals surface area contributed by atoms with Crippen LogP contribution in [0.15, 0.2) is 24.3 Å². The average molecular weight is 331 g/mol. The summed E-state index contributed by atoms with van der Waals surface area (Å²) in [6.07, 6.45) is 8.61. The van der Waals surface area contributed by atoms with Crippen LogP contribution >= 0.6 is 11.8 Å². The van der Waals surface area contributed by atoms with Gasteiger partial charge in [-0.15, -0.1) is 0 Å². The molecule has 1 aromatic heterocycles. The van der Waals surface area contributed by atoms with E-state index in [0.717, 1.165) is 29.0 Å². The van der Waals surface area contributed by atoms with Gasteiger partial charge in [-0.2, -0.15) is 11.8 Å². The molecule has 1 aliphatic carbocycles. The molecule has 23 heavy (non-hydrogen) atoms. The van der Waals surface area contributed by atoms with Crippen molar-refractivity contribution in [3.8, 4) is 0 Å². The van der Waals surface area contributed by atoms with Crippen molar-refractivity contribution in [1.29, 1.82) is 0 Å². The number of rotatable bonds is 7. The number of nitrogens with one attached hydrogen (secondary N) is 2. The van der Waals surface area contributed by atoms with Crippen molar-refractivity contribution in [3.63, 3.8) is 0 Å². The molecule has 0 aliphatic heterocycles. The van der Waals surface area contributed by atoms with Crippen LogP contribution in [0.2, 0.25) is 0 Å². The monoisotopic (exact) mass is 331 g/mol. The summed E-state index contributed by atoms with van der Waals surface area (Å²) in [5, 5.41) is 3.21. The maximum Gasteiger partial charge on any atom is 0.220 e. The van der Waals surface area contributed by atoms with E-state index in [1.54, 1.807) is 11.8 Å². The van der Waals surface area contributed by atoms with E-state index in [9.17, 15) is 4.79 Å². The van der Waals surface area contributed by atoms with Crippen LogP contribution in [0.25, 0.3) is 11.0 Å². The molecule has 1 heterocycles. The number of aromatic nitrogens is 2. The Morgan fingerprint density at radius 2 is 2.17 bits per heavy atom. The van der Waals surface area contributed by atoms with Gasteiger partial charge in [0.2, 0.25) is 5.91 Å².